The van der Waals surface area contributed by atoms with Crippen LogP contribution >= 0.6 is 0 Å². The van der Waals surface area contributed by atoms with Crippen LogP contribution in [0.4, 0.5) is 11.4 Å². The van der Waals surface area contributed by atoms with Crippen molar-refractivity contribution in [3.8, 4) is 0 Å². The van der Waals surface area contributed by atoms with Crippen LogP contribution in [0.5, 0.6) is 0 Å². The molecule has 2 amide bonds. The summed E-state index contributed by atoms with van der Waals surface area (Å²) in [6.45, 7) is 0. The number of anilines is 2. The molecule has 0 aliphatic rings. The first-order valence-corrected chi connectivity index (χ1v) is 5.91. The second kappa shape index (κ2) is 6.35. The van der Waals surface area contributed by atoms with E-state index in [4.69, 9.17) is 0 Å². The summed E-state index contributed by atoms with van der Waals surface area (Å²) in [4.78, 5) is 21.2. The van der Waals surface area contributed by atoms with Crippen molar-refractivity contribution in [3.05, 3.63) is 59.7 Å². The third-order valence-electron chi connectivity index (χ3n) is 2.84. The van der Waals surface area contributed by atoms with E-state index in [9.17, 15) is 9.59 Å². The van der Waals surface area contributed by atoms with Crippen molar-refractivity contribution in [2.24, 2.45) is 0 Å². The lowest BCUT2D eigenvalue weighted by Crippen LogP contribution is -2.02. The highest BCUT2D eigenvalue weighted by atomic mass is 16.1. The normalized spacial score (nSPS) is 9.68. The van der Waals surface area contributed by atoms with E-state index >= 15 is 0 Å². The fourth-order valence-corrected chi connectivity index (χ4v) is 1.96. The van der Waals surface area contributed by atoms with Gasteiger partial charge in [0.2, 0.25) is 12.8 Å². The van der Waals surface area contributed by atoms with Gasteiger partial charge in [-0.15, -0.1) is 0 Å². The average Bonchev–Trinajstić information content (AvgIpc) is 2.44. The van der Waals surface area contributed by atoms with E-state index in [-0.39, 0.29) is 0 Å². The first-order chi connectivity index (χ1) is 9.35. The number of carbonyl (C=O) groups is 2. The Hall–Kier alpha value is -2.62. The summed E-state index contributed by atoms with van der Waals surface area (Å²) in [6.07, 6.45) is 1.96. The molecule has 0 radical (unpaired) electrons. The van der Waals surface area contributed by atoms with E-state index in [1.54, 1.807) is 0 Å². The van der Waals surface area contributed by atoms with Gasteiger partial charge >= 0.3 is 0 Å². The van der Waals surface area contributed by atoms with Crippen LogP contribution in [0.25, 0.3) is 0 Å². The zero-order valence-corrected chi connectivity index (χ0v) is 10.3. The number of nitrogens with one attached hydrogen (secondary N) is 2. The van der Waals surface area contributed by atoms with Gasteiger partial charge in [-0.25, -0.2) is 0 Å². The predicted octanol–water partition coefficient (Wildman–Crippen LogP) is 2.41. The standard InChI is InChI=1S/C15H14N2O2/c18-10-16-14-7-3-1-5-12(14)9-13-6-2-4-8-15(13)17-11-19/h1-8,10-11H,9H2,(H,16,18)(H,17,19). The maximum atomic E-state index is 10.6. The van der Waals surface area contributed by atoms with Crippen LogP contribution in [-0.2, 0) is 16.0 Å². The first-order valence-electron chi connectivity index (χ1n) is 5.91. The maximum Gasteiger partial charge on any atom is 0.211 e. The minimum Gasteiger partial charge on any atom is -0.328 e. The molecule has 4 heteroatoms. The average molecular weight is 254 g/mol. The molecule has 0 heterocycles. The molecule has 19 heavy (non-hydrogen) atoms. The first kappa shape index (κ1) is 12.8. The summed E-state index contributed by atoms with van der Waals surface area (Å²) in [5.74, 6) is 0. The van der Waals surface area contributed by atoms with Gasteiger partial charge in [0.1, 0.15) is 0 Å². The quantitative estimate of drug-likeness (QED) is 0.778. The van der Waals surface area contributed by atoms with Gasteiger partial charge in [-0.1, -0.05) is 36.4 Å². The van der Waals surface area contributed by atoms with Crippen molar-refractivity contribution in [1.29, 1.82) is 0 Å². The third-order valence-corrected chi connectivity index (χ3v) is 2.84. The highest BCUT2D eigenvalue weighted by molar-refractivity contribution is 5.76. The van der Waals surface area contributed by atoms with Crippen LogP contribution in [-0.4, -0.2) is 12.8 Å². The Balaban J connectivity index is 2.30. The van der Waals surface area contributed by atoms with E-state index < -0.39 is 0 Å². The van der Waals surface area contributed by atoms with E-state index in [0.717, 1.165) is 22.5 Å². The monoisotopic (exact) mass is 254 g/mol. The molecule has 0 saturated heterocycles. The van der Waals surface area contributed by atoms with Crippen LogP contribution in [0.2, 0.25) is 0 Å². The Morgan fingerprint density at radius 3 is 1.58 bits per heavy atom. The summed E-state index contributed by atoms with van der Waals surface area (Å²) < 4.78 is 0. The predicted molar refractivity (Wildman–Crippen MR) is 75.1 cm³/mol. The molecule has 0 aliphatic carbocycles. The summed E-state index contributed by atoms with van der Waals surface area (Å²) in [6, 6.07) is 15.2. The van der Waals surface area contributed by atoms with Gasteiger partial charge in [-0.05, 0) is 23.3 Å². The fraction of sp³-hybridized carbons (Fsp3) is 0.0667. The Morgan fingerprint density at radius 1 is 0.737 bits per heavy atom. The third kappa shape index (κ3) is 3.19. The number of hydrogen-bond acceptors (Lipinski definition) is 2. The Kier molecular flexibility index (Phi) is 4.29. The minimum atomic E-state index is 0.633. The van der Waals surface area contributed by atoms with Gasteiger partial charge in [0.25, 0.3) is 0 Å². The second-order valence-corrected chi connectivity index (χ2v) is 4.02. The Labute approximate surface area is 111 Å². The van der Waals surface area contributed by atoms with E-state index in [1.807, 2.05) is 48.5 Å². The number of para-hydroxylation sites is 2. The molecule has 0 aromatic heterocycles. The Bertz CT molecular complexity index is 530. The number of hydrogen-bond donors (Lipinski definition) is 2. The SMILES string of the molecule is O=CNc1ccccc1Cc1ccccc1NC=O. The molecule has 2 N–H and O–H groups in total. The van der Waals surface area contributed by atoms with Crippen molar-refractivity contribution in [3.63, 3.8) is 0 Å². The molecule has 96 valence electrons. The molecule has 0 unspecified atom stereocenters. The van der Waals surface area contributed by atoms with Crippen LogP contribution in [0.1, 0.15) is 11.1 Å². The molecule has 2 rings (SSSR count). The minimum absolute atomic E-state index is 0.633. The van der Waals surface area contributed by atoms with Gasteiger partial charge in [0.15, 0.2) is 0 Å². The number of amides is 2. The highest BCUT2D eigenvalue weighted by Crippen LogP contribution is 2.23. The van der Waals surface area contributed by atoms with Gasteiger partial charge in [0.05, 0.1) is 0 Å². The second-order valence-electron chi connectivity index (χ2n) is 4.02. The zero-order valence-electron chi connectivity index (χ0n) is 10.3. The molecule has 0 saturated carbocycles. The zero-order chi connectivity index (χ0) is 13.5. The lowest BCUT2D eigenvalue weighted by molar-refractivity contribution is -0.106. The van der Waals surface area contributed by atoms with E-state index in [0.29, 0.717) is 19.2 Å². The molecule has 4 nitrogen and oxygen atoms in total. The van der Waals surface area contributed by atoms with Crippen LogP contribution in [0.15, 0.2) is 48.5 Å². The van der Waals surface area contributed by atoms with Crippen molar-refractivity contribution in [2.75, 3.05) is 10.6 Å². The molecule has 0 spiro atoms. The van der Waals surface area contributed by atoms with Gasteiger partial charge < -0.3 is 10.6 Å². The molecular weight excluding hydrogens is 240 g/mol. The molecule has 0 aliphatic heterocycles. The molecule has 0 atom stereocenters. The van der Waals surface area contributed by atoms with Crippen LogP contribution < -0.4 is 10.6 Å². The smallest absolute Gasteiger partial charge is 0.211 e. The summed E-state index contributed by atoms with van der Waals surface area (Å²) >= 11 is 0. The molecule has 2 aromatic carbocycles. The van der Waals surface area contributed by atoms with Crippen LogP contribution in [0.3, 0.4) is 0 Å². The summed E-state index contributed by atoms with van der Waals surface area (Å²) in [5, 5.41) is 5.35. The van der Waals surface area contributed by atoms with Gasteiger partial charge in [0, 0.05) is 17.8 Å². The maximum absolute atomic E-state index is 10.6. The lowest BCUT2D eigenvalue weighted by atomic mass is 10.0. The number of carbonyl (C=O) groups excluding carboxylic acids is 2. The van der Waals surface area contributed by atoms with Gasteiger partial charge in [-0.2, -0.15) is 0 Å². The lowest BCUT2D eigenvalue weighted by Gasteiger charge is -2.11. The van der Waals surface area contributed by atoms with Crippen LogP contribution in [0, 0.1) is 0 Å². The number of rotatable bonds is 6. The topological polar surface area (TPSA) is 58.2 Å². The summed E-state index contributed by atoms with van der Waals surface area (Å²) in [5.41, 5.74) is 3.54. The van der Waals surface area contributed by atoms with Crippen molar-refractivity contribution in [2.45, 2.75) is 6.42 Å². The largest absolute Gasteiger partial charge is 0.328 e. The Morgan fingerprint density at radius 2 is 1.16 bits per heavy atom. The van der Waals surface area contributed by atoms with E-state index in [2.05, 4.69) is 10.6 Å². The highest BCUT2D eigenvalue weighted by Gasteiger charge is 2.05. The molecule has 2 aromatic rings. The number of benzene rings is 2. The molecule has 0 bridgehead atoms. The van der Waals surface area contributed by atoms with E-state index in [1.165, 1.54) is 0 Å². The fourth-order valence-electron chi connectivity index (χ4n) is 1.96. The van der Waals surface area contributed by atoms with Crippen molar-refractivity contribution >= 4 is 24.2 Å². The van der Waals surface area contributed by atoms with Crippen molar-refractivity contribution < 1.29 is 9.59 Å². The summed E-state index contributed by atoms with van der Waals surface area (Å²) in [7, 11) is 0. The van der Waals surface area contributed by atoms with Gasteiger partial charge in [-0.3, -0.25) is 9.59 Å². The molecule has 0 fully saturated rings. The van der Waals surface area contributed by atoms with Crippen molar-refractivity contribution in [1.82, 2.24) is 0 Å². The molecular formula is C15H14N2O2.